The molecule has 280 valence electrons. The zero-order valence-electron chi connectivity index (χ0n) is 30.3. The molecule has 0 fully saturated rings. The van der Waals surface area contributed by atoms with Gasteiger partial charge in [-0.2, -0.15) is 0 Å². The number of nitrogens with one attached hydrogen (secondary N) is 2. The summed E-state index contributed by atoms with van der Waals surface area (Å²) >= 11 is 0. The average molecular weight is 748 g/mol. The van der Waals surface area contributed by atoms with Gasteiger partial charge in [0.25, 0.3) is 0 Å². The van der Waals surface area contributed by atoms with Gasteiger partial charge < -0.3 is 24.2 Å². The molecule has 2 atom stereocenters. The first-order valence-electron chi connectivity index (χ1n) is 17.4. The second-order valence-electron chi connectivity index (χ2n) is 14.6. The summed E-state index contributed by atoms with van der Waals surface area (Å²) in [6.07, 6.45) is 5.07. The third kappa shape index (κ3) is 7.85. The van der Waals surface area contributed by atoms with E-state index in [0.29, 0.717) is 42.3 Å². The monoisotopic (exact) mass is 747 g/mol. The number of methoxy groups -OCH3 is 2. The largest absolute Gasteiger partial charge is 0.469 e. The summed E-state index contributed by atoms with van der Waals surface area (Å²) in [6.45, 7) is 5.72. The van der Waals surface area contributed by atoms with E-state index >= 15 is 8.78 Å². The number of benzene rings is 3. The summed E-state index contributed by atoms with van der Waals surface area (Å²) in [5, 5.41) is -1.19. The molecule has 2 unspecified atom stereocenters. The van der Waals surface area contributed by atoms with Crippen LogP contribution in [-0.4, -0.2) is 60.5 Å². The van der Waals surface area contributed by atoms with Crippen molar-refractivity contribution in [2.24, 2.45) is 5.41 Å². The summed E-state index contributed by atoms with van der Waals surface area (Å²) in [5.74, 6) is -3.02. The van der Waals surface area contributed by atoms with Gasteiger partial charge in [-0.25, -0.2) is 22.2 Å². The highest BCUT2D eigenvalue weighted by atomic mass is 32.2. The number of fused-ring (bicyclic) bond motifs is 8. The van der Waals surface area contributed by atoms with Crippen LogP contribution in [0.5, 0.6) is 11.5 Å². The number of rotatable bonds is 5. The first-order chi connectivity index (χ1) is 25.1. The van der Waals surface area contributed by atoms with Gasteiger partial charge in [0.1, 0.15) is 17.4 Å². The highest BCUT2D eigenvalue weighted by molar-refractivity contribution is 7.92. The number of sulfone groups is 1. The molecule has 0 saturated heterocycles. The predicted molar refractivity (Wildman–Crippen MR) is 196 cm³/mol. The lowest BCUT2D eigenvalue weighted by Crippen LogP contribution is -2.39. The van der Waals surface area contributed by atoms with Crippen molar-refractivity contribution in [1.82, 2.24) is 15.0 Å². The highest BCUT2D eigenvalue weighted by Crippen LogP contribution is 2.42. The van der Waals surface area contributed by atoms with E-state index in [1.807, 2.05) is 45.0 Å². The van der Waals surface area contributed by atoms with Crippen molar-refractivity contribution in [1.29, 1.82) is 0 Å². The molecule has 0 radical (unpaired) electrons. The van der Waals surface area contributed by atoms with Crippen molar-refractivity contribution in [3.63, 3.8) is 0 Å². The van der Waals surface area contributed by atoms with Crippen molar-refractivity contribution < 1.29 is 41.0 Å². The third-order valence-corrected chi connectivity index (χ3v) is 12.7. The van der Waals surface area contributed by atoms with E-state index in [9.17, 15) is 18.0 Å². The number of aryl methyl sites for hydroxylation is 1. The second kappa shape index (κ2) is 14.8. The van der Waals surface area contributed by atoms with Gasteiger partial charge in [-0.15, -0.1) is 0 Å². The minimum atomic E-state index is -4.19. The number of halogens is 2. The molecule has 1 aliphatic heterocycles. The number of H-pyrrole nitrogens is 2. The lowest BCUT2D eigenvalue weighted by atomic mass is 9.74. The Labute approximate surface area is 307 Å². The second-order valence-corrected chi connectivity index (χ2v) is 16.8. The number of carbonyl (C=O) groups excluding carboxylic acids is 2. The molecule has 0 amide bonds. The van der Waals surface area contributed by atoms with Crippen molar-refractivity contribution in [3.8, 4) is 22.9 Å². The Morgan fingerprint density at radius 2 is 1.79 bits per heavy atom. The number of hydrogen-bond acceptors (Lipinski definition) is 8. The van der Waals surface area contributed by atoms with E-state index in [1.165, 1.54) is 31.4 Å². The molecule has 13 heteroatoms. The van der Waals surface area contributed by atoms with Crippen LogP contribution < -0.4 is 4.74 Å². The molecule has 3 aromatic carbocycles. The fraction of sp³-hybridized carbons (Fsp3) is 0.375. The Kier molecular flexibility index (Phi) is 10.5. The maximum Gasteiger partial charge on any atom is 0.324 e. The minimum Gasteiger partial charge on any atom is -0.469 e. The van der Waals surface area contributed by atoms with E-state index in [4.69, 9.17) is 14.2 Å². The lowest BCUT2D eigenvalue weighted by Gasteiger charge is -2.32. The summed E-state index contributed by atoms with van der Waals surface area (Å²) < 4.78 is 75.9. The number of ether oxygens (including phenoxy) is 3. The fourth-order valence-corrected chi connectivity index (χ4v) is 9.55. The van der Waals surface area contributed by atoms with E-state index < -0.39 is 49.9 Å². The van der Waals surface area contributed by atoms with Crippen molar-refractivity contribution in [2.45, 2.75) is 70.0 Å². The quantitative estimate of drug-likeness (QED) is 0.174. The van der Waals surface area contributed by atoms with E-state index in [0.717, 1.165) is 18.2 Å². The molecule has 2 N–H and O–H groups in total. The Morgan fingerprint density at radius 1 is 1.00 bits per heavy atom. The van der Waals surface area contributed by atoms with E-state index in [2.05, 4.69) is 15.0 Å². The van der Waals surface area contributed by atoms with Gasteiger partial charge in [-0.3, -0.25) is 9.59 Å². The molecule has 1 aliphatic rings. The predicted octanol–water partition coefficient (Wildman–Crippen LogP) is 7.75. The molecule has 5 aromatic rings. The van der Waals surface area contributed by atoms with Crippen LogP contribution in [-0.2, 0) is 47.2 Å². The standard InChI is InChI=1S/C40H43F2N3O7S/c1-39(2)15-7-16-40(3,25-9-6-8-24(18-25)10-13-35(46)50-4)34-22-44-37(45-34)29-19-26(11-12-30(29)41)52-36-28(27-14-17-43-32(27)21-31(36)42)20-33(38(47)51-5)53(48,49)23-39/h6,8-9,11-12,14,17-19,21-22,33,43H,7,10,13,15-16,20,23H2,1-5H3,(H,44,45). The number of aromatic amines is 2. The Balaban J connectivity index is 1.51. The number of carbonyl (C=O) groups is 2. The zero-order valence-corrected chi connectivity index (χ0v) is 31.2. The average Bonchev–Trinajstić information content (AvgIpc) is 3.80. The van der Waals surface area contributed by atoms with Crippen molar-refractivity contribution in [2.75, 3.05) is 20.0 Å². The Bertz CT molecular complexity index is 2280. The molecule has 53 heavy (non-hydrogen) atoms. The minimum absolute atomic E-state index is 0.0650. The van der Waals surface area contributed by atoms with Crippen LogP contribution in [0.1, 0.15) is 68.8 Å². The van der Waals surface area contributed by atoms with Crippen LogP contribution in [0.2, 0.25) is 0 Å². The van der Waals surface area contributed by atoms with Gasteiger partial charge in [0.15, 0.2) is 26.7 Å². The van der Waals surface area contributed by atoms with E-state index in [-0.39, 0.29) is 46.6 Å². The van der Waals surface area contributed by atoms with E-state index in [1.54, 1.807) is 18.5 Å². The third-order valence-electron chi connectivity index (χ3n) is 10.3. The number of nitrogens with zero attached hydrogens (tertiary/aromatic N) is 1. The molecule has 4 bridgehead atoms. The number of esters is 2. The van der Waals surface area contributed by atoms with Crippen LogP contribution in [0, 0.1) is 17.0 Å². The summed E-state index contributed by atoms with van der Waals surface area (Å²) in [5.41, 5.74) is 1.63. The normalized spacial score (nSPS) is 20.0. The van der Waals surface area contributed by atoms with Gasteiger partial charge >= 0.3 is 11.9 Å². The SMILES string of the molecule is COC(=O)CCc1cccc(C2(C)CCCC(C)(C)CS(=O)(=O)C(C(=O)OC)Cc3c(c(F)cc4[nH]ccc34)Oc3ccc(F)c(c3)-c3ncc2[nH]3)c1. The lowest BCUT2D eigenvalue weighted by molar-refractivity contribution is -0.141. The molecule has 10 nitrogen and oxygen atoms in total. The van der Waals surface area contributed by atoms with Crippen LogP contribution >= 0.6 is 0 Å². The summed E-state index contributed by atoms with van der Waals surface area (Å²) in [4.78, 5) is 36.1. The highest BCUT2D eigenvalue weighted by Gasteiger charge is 2.40. The maximum absolute atomic E-state index is 15.9. The first-order valence-corrected chi connectivity index (χ1v) is 19.1. The summed E-state index contributed by atoms with van der Waals surface area (Å²) in [7, 11) is -1.72. The molecule has 6 rings (SSSR count). The smallest absolute Gasteiger partial charge is 0.324 e. The topological polar surface area (TPSA) is 140 Å². The van der Waals surface area contributed by atoms with Gasteiger partial charge in [-0.1, -0.05) is 44.5 Å². The first kappa shape index (κ1) is 37.7. The van der Waals surface area contributed by atoms with Gasteiger partial charge in [0.2, 0.25) is 0 Å². The van der Waals surface area contributed by atoms with Crippen LogP contribution in [0.3, 0.4) is 0 Å². The Morgan fingerprint density at radius 3 is 2.55 bits per heavy atom. The molecule has 3 heterocycles. The van der Waals surface area contributed by atoms with Gasteiger partial charge in [-0.05, 0) is 67.0 Å². The number of imidazole rings is 1. The molecule has 2 aromatic heterocycles. The molecule has 0 saturated carbocycles. The van der Waals surface area contributed by atoms with Crippen LogP contribution in [0.4, 0.5) is 8.78 Å². The number of hydrogen-bond donors (Lipinski definition) is 2. The van der Waals surface area contributed by atoms with Gasteiger partial charge in [0.05, 0.1) is 25.5 Å². The van der Waals surface area contributed by atoms with Crippen molar-refractivity contribution >= 4 is 32.7 Å². The van der Waals surface area contributed by atoms with Crippen LogP contribution in [0.25, 0.3) is 22.3 Å². The van der Waals surface area contributed by atoms with Gasteiger partial charge in [0, 0.05) is 58.9 Å². The zero-order chi connectivity index (χ0) is 38.1. The Hall–Kier alpha value is -5.04. The molecular formula is C40H43F2N3O7S. The van der Waals surface area contributed by atoms with Crippen LogP contribution in [0.15, 0.2) is 67.0 Å². The molecular weight excluding hydrogens is 705 g/mol. The fourth-order valence-electron chi connectivity index (χ4n) is 7.31. The molecule has 0 spiro atoms. The van der Waals surface area contributed by atoms with Crippen molar-refractivity contribution in [3.05, 3.63) is 101 Å². The molecule has 0 aliphatic carbocycles. The number of aromatic nitrogens is 3. The summed E-state index contributed by atoms with van der Waals surface area (Å²) in [6, 6.07) is 14.6. The maximum atomic E-state index is 15.9.